The lowest BCUT2D eigenvalue weighted by Gasteiger charge is -2.18. The fourth-order valence-electron chi connectivity index (χ4n) is 3.85. The molecule has 0 fully saturated rings. The van der Waals surface area contributed by atoms with E-state index in [4.69, 9.17) is 9.47 Å². The lowest BCUT2D eigenvalue weighted by atomic mass is 9.88. The molecule has 4 rings (SSSR count). The molecule has 0 aromatic heterocycles. The summed E-state index contributed by atoms with van der Waals surface area (Å²) in [6, 6.07) is 15.8. The van der Waals surface area contributed by atoms with E-state index in [1.54, 1.807) is 37.4 Å². The molecule has 1 aliphatic rings. The number of carboxylic acids is 1. The van der Waals surface area contributed by atoms with Crippen molar-refractivity contribution in [1.29, 1.82) is 0 Å². The van der Waals surface area contributed by atoms with Gasteiger partial charge in [-0.05, 0) is 53.6 Å². The van der Waals surface area contributed by atoms with Crippen molar-refractivity contribution in [2.75, 3.05) is 14.2 Å². The molecule has 0 bridgehead atoms. The number of benzene rings is 3. The number of nitrogens with one attached hydrogen (secondary N) is 1. The first-order valence-corrected chi connectivity index (χ1v) is 9.62. The summed E-state index contributed by atoms with van der Waals surface area (Å²) in [5.41, 5.74) is 2.74. The highest BCUT2D eigenvalue weighted by atomic mass is 19.1. The number of methoxy groups -OCH3 is 1. The van der Waals surface area contributed by atoms with Crippen LogP contribution in [0.15, 0.2) is 60.7 Å². The van der Waals surface area contributed by atoms with Gasteiger partial charge in [-0.3, -0.25) is 4.79 Å². The normalized spacial score (nSPS) is 16.9. The maximum Gasteiger partial charge on any atom is 0.335 e. The average molecular weight is 421 g/mol. The van der Waals surface area contributed by atoms with E-state index < -0.39 is 18.0 Å². The Balaban J connectivity index is 1.81. The highest BCUT2D eigenvalue weighted by Crippen LogP contribution is 2.48. The third kappa shape index (κ3) is 3.70. The summed E-state index contributed by atoms with van der Waals surface area (Å²) in [6.07, 6.45) is -0.613. The van der Waals surface area contributed by atoms with Crippen LogP contribution in [0.25, 0.3) is 11.1 Å². The number of carboxylic acid groups (broad SMARTS) is 1. The first-order chi connectivity index (χ1) is 14.9. The van der Waals surface area contributed by atoms with Crippen LogP contribution in [0.2, 0.25) is 0 Å². The molecule has 2 N–H and O–H groups in total. The summed E-state index contributed by atoms with van der Waals surface area (Å²) in [4.78, 5) is 24.2. The molecule has 2 unspecified atom stereocenters. The Morgan fingerprint density at radius 2 is 1.81 bits per heavy atom. The molecule has 31 heavy (non-hydrogen) atoms. The van der Waals surface area contributed by atoms with Crippen LogP contribution in [-0.2, 0) is 4.79 Å². The van der Waals surface area contributed by atoms with Gasteiger partial charge >= 0.3 is 5.97 Å². The van der Waals surface area contributed by atoms with Gasteiger partial charge in [-0.15, -0.1) is 0 Å². The van der Waals surface area contributed by atoms with Gasteiger partial charge in [0.25, 0.3) is 0 Å². The molecule has 1 heterocycles. The average Bonchev–Trinajstić information content (AvgIpc) is 3.17. The molecule has 6 nitrogen and oxygen atoms in total. The third-order valence-electron chi connectivity index (χ3n) is 5.39. The number of fused-ring (bicyclic) bond motifs is 1. The number of aromatic carboxylic acids is 1. The number of likely N-dealkylation sites (N-methyl/N-ethyl adjacent to an activating group) is 1. The van der Waals surface area contributed by atoms with E-state index >= 15 is 0 Å². The monoisotopic (exact) mass is 421 g/mol. The Morgan fingerprint density at radius 1 is 1.06 bits per heavy atom. The van der Waals surface area contributed by atoms with E-state index in [1.807, 2.05) is 6.07 Å². The zero-order valence-electron chi connectivity index (χ0n) is 16.9. The minimum absolute atomic E-state index is 0.125. The summed E-state index contributed by atoms with van der Waals surface area (Å²) < 4.78 is 24.9. The van der Waals surface area contributed by atoms with E-state index in [0.29, 0.717) is 33.8 Å². The fraction of sp³-hybridized carbons (Fsp3) is 0.167. The zero-order chi connectivity index (χ0) is 22.1. The Kier molecular flexibility index (Phi) is 5.33. The van der Waals surface area contributed by atoms with Crippen LogP contribution in [-0.4, -0.2) is 31.1 Å². The van der Waals surface area contributed by atoms with Gasteiger partial charge in [0, 0.05) is 18.2 Å². The largest absolute Gasteiger partial charge is 0.496 e. The van der Waals surface area contributed by atoms with Crippen LogP contribution in [0.5, 0.6) is 11.5 Å². The number of carbonyl (C=O) groups excluding carboxylic acids is 1. The van der Waals surface area contributed by atoms with Crippen molar-refractivity contribution in [3.05, 3.63) is 83.2 Å². The lowest BCUT2D eigenvalue weighted by Crippen LogP contribution is -2.28. The minimum atomic E-state index is -1.05. The first-order valence-electron chi connectivity index (χ1n) is 9.62. The molecule has 0 saturated heterocycles. The SMILES string of the molecule is CNC(=O)C1c2cc(-c3cc(C(=O)O)ccc3OC)ccc2OC1c1ccc(F)cc1. The number of ether oxygens (including phenoxy) is 2. The maximum atomic E-state index is 13.4. The fourth-order valence-corrected chi connectivity index (χ4v) is 3.85. The smallest absolute Gasteiger partial charge is 0.335 e. The van der Waals surface area contributed by atoms with E-state index in [0.717, 1.165) is 0 Å². The molecule has 0 aliphatic carbocycles. The standard InChI is InChI=1S/C24H20FNO5/c1-26-23(27)21-18-11-14(17-12-15(24(28)29)6-9-19(17)30-2)5-10-20(18)31-22(21)13-3-7-16(25)8-4-13/h3-12,21-22H,1-2H3,(H,26,27)(H,28,29). The van der Waals surface area contributed by atoms with Crippen molar-refractivity contribution in [3.63, 3.8) is 0 Å². The van der Waals surface area contributed by atoms with Crippen LogP contribution in [0.1, 0.15) is 33.5 Å². The van der Waals surface area contributed by atoms with Crippen molar-refractivity contribution >= 4 is 11.9 Å². The Bertz CT molecular complexity index is 1160. The Morgan fingerprint density at radius 3 is 2.45 bits per heavy atom. The van der Waals surface area contributed by atoms with Crippen molar-refractivity contribution in [2.45, 2.75) is 12.0 Å². The number of carbonyl (C=O) groups is 2. The molecule has 158 valence electrons. The third-order valence-corrected chi connectivity index (χ3v) is 5.39. The molecule has 3 aromatic rings. The first kappa shape index (κ1) is 20.4. The predicted molar refractivity (Wildman–Crippen MR) is 112 cm³/mol. The van der Waals surface area contributed by atoms with Gasteiger partial charge in [-0.2, -0.15) is 0 Å². The topological polar surface area (TPSA) is 84.9 Å². The van der Waals surface area contributed by atoms with Gasteiger partial charge in [0.2, 0.25) is 5.91 Å². The van der Waals surface area contributed by atoms with Gasteiger partial charge in [0.05, 0.1) is 12.7 Å². The van der Waals surface area contributed by atoms with Gasteiger partial charge in [0.15, 0.2) is 0 Å². The van der Waals surface area contributed by atoms with Gasteiger partial charge < -0.3 is 19.9 Å². The molecule has 7 heteroatoms. The summed E-state index contributed by atoms with van der Waals surface area (Å²) in [7, 11) is 3.05. The maximum absolute atomic E-state index is 13.4. The van der Waals surface area contributed by atoms with Crippen LogP contribution >= 0.6 is 0 Å². The van der Waals surface area contributed by atoms with Crippen molar-refractivity contribution in [3.8, 4) is 22.6 Å². The van der Waals surface area contributed by atoms with Gasteiger partial charge in [-0.1, -0.05) is 18.2 Å². The highest BCUT2D eigenvalue weighted by Gasteiger charge is 2.40. The van der Waals surface area contributed by atoms with E-state index in [9.17, 15) is 19.1 Å². The molecule has 3 aromatic carbocycles. The van der Waals surface area contributed by atoms with Crippen molar-refractivity contribution < 1.29 is 28.6 Å². The second kappa shape index (κ2) is 8.10. The predicted octanol–water partition coefficient (Wildman–Crippen LogP) is 4.16. The number of rotatable bonds is 5. The lowest BCUT2D eigenvalue weighted by molar-refractivity contribution is -0.123. The van der Waals surface area contributed by atoms with E-state index in [1.165, 1.54) is 31.4 Å². The molecule has 1 aliphatic heterocycles. The van der Waals surface area contributed by atoms with Crippen LogP contribution < -0.4 is 14.8 Å². The summed E-state index contributed by atoms with van der Waals surface area (Å²) >= 11 is 0. The minimum Gasteiger partial charge on any atom is -0.496 e. The number of amides is 1. The van der Waals surface area contributed by atoms with Crippen LogP contribution in [0.3, 0.4) is 0 Å². The molecule has 0 radical (unpaired) electrons. The number of hydrogen-bond donors (Lipinski definition) is 2. The zero-order valence-corrected chi connectivity index (χ0v) is 16.9. The molecular weight excluding hydrogens is 401 g/mol. The molecule has 2 atom stereocenters. The summed E-state index contributed by atoms with van der Waals surface area (Å²) in [5, 5.41) is 12.0. The van der Waals surface area contributed by atoms with Gasteiger partial charge in [-0.25, -0.2) is 9.18 Å². The number of halogens is 1. The Hall–Kier alpha value is -3.87. The van der Waals surface area contributed by atoms with Crippen molar-refractivity contribution in [2.24, 2.45) is 0 Å². The van der Waals surface area contributed by atoms with Crippen LogP contribution in [0.4, 0.5) is 4.39 Å². The molecule has 0 spiro atoms. The number of hydrogen-bond acceptors (Lipinski definition) is 4. The molecule has 0 saturated carbocycles. The van der Waals surface area contributed by atoms with Gasteiger partial charge in [0.1, 0.15) is 29.3 Å². The molecule has 1 amide bonds. The second-order valence-corrected chi connectivity index (χ2v) is 7.15. The Labute approximate surface area is 178 Å². The quantitative estimate of drug-likeness (QED) is 0.646. The molecular formula is C24H20FNO5. The van der Waals surface area contributed by atoms with E-state index in [2.05, 4.69) is 5.32 Å². The highest BCUT2D eigenvalue weighted by molar-refractivity contribution is 5.91. The van der Waals surface area contributed by atoms with Crippen LogP contribution in [0, 0.1) is 5.82 Å². The summed E-state index contributed by atoms with van der Waals surface area (Å²) in [6.45, 7) is 0. The van der Waals surface area contributed by atoms with E-state index in [-0.39, 0.29) is 17.3 Å². The summed E-state index contributed by atoms with van der Waals surface area (Å²) in [5.74, 6) is -1.26. The second-order valence-electron chi connectivity index (χ2n) is 7.15. The van der Waals surface area contributed by atoms with Crippen molar-refractivity contribution in [1.82, 2.24) is 5.32 Å².